The van der Waals surface area contributed by atoms with Crippen molar-refractivity contribution in [1.82, 2.24) is 5.32 Å². The molecule has 0 saturated heterocycles. The summed E-state index contributed by atoms with van der Waals surface area (Å²) >= 11 is 5.94. The highest BCUT2D eigenvalue weighted by Gasteiger charge is 2.19. The van der Waals surface area contributed by atoms with Crippen LogP contribution < -0.4 is 5.32 Å². The van der Waals surface area contributed by atoms with E-state index in [2.05, 4.69) is 43.4 Å². The summed E-state index contributed by atoms with van der Waals surface area (Å²) in [7, 11) is 0. The second kappa shape index (κ2) is 6.29. The summed E-state index contributed by atoms with van der Waals surface area (Å²) in [6.07, 6.45) is 0. The summed E-state index contributed by atoms with van der Waals surface area (Å²) < 4.78 is 0. The van der Waals surface area contributed by atoms with Gasteiger partial charge in [-0.1, -0.05) is 55.8 Å². The standard InChI is InChI=1S/C17H20ClNO/c1-17(2,14-6-4-3-5-7-14)12-19-11-13-10-15(18)8-9-16(13)20/h3-10,19-20H,11-12H2,1-2H3. The molecule has 0 amide bonds. The van der Waals surface area contributed by atoms with Crippen molar-refractivity contribution in [1.29, 1.82) is 0 Å². The highest BCUT2D eigenvalue weighted by atomic mass is 35.5. The number of nitrogens with one attached hydrogen (secondary N) is 1. The fourth-order valence-corrected chi connectivity index (χ4v) is 2.39. The number of aromatic hydroxyl groups is 1. The summed E-state index contributed by atoms with van der Waals surface area (Å²) in [6.45, 7) is 5.83. The van der Waals surface area contributed by atoms with Crippen LogP contribution in [-0.4, -0.2) is 11.7 Å². The van der Waals surface area contributed by atoms with Crippen molar-refractivity contribution in [3.63, 3.8) is 0 Å². The molecule has 0 spiro atoms. The van der Waals surface area contributed by atoms with Crippen LogP contribution in [0.25, 0.3) is 0 Å². The molecule has 0 aliphatic rings. The molecule has 3 heteroatoms. The largest absolute Gasteiger partial charge is 0.508 e. The van der Waals surface area contributed by atoms with E-state index in [0.717, 1.165) is 12.1 Å². The van der Waals surface area contributed by atoms with E-state index in [1.54, 1.807) is 18.2 Å². The number of phenolic OH excluding ortho intramolecular Hbond substituents is 1. The van der Waals surface area contributed by atoms with Crippen LogP contribution in [0.5, 0.6) is 5.75 Å². The molecule has 2 N–H and O–H groups in total. The fourth-order valence-electron chi connectivity index (χ4n) is 2.20. The quantitative estimate of drug-likeness (QED) is 0.868. The molecule has 2 nitrogen and oxygen atoms in total. The van der Waals surface area contributed by atoms with Gasteiger partial charge < -0.3 is 10.4 Å². The lowest BCUT2D eigenvalue weighted by Crippen LogP contribution is -2.32. The Kier molecular flexibility index (Phi) is 4.69. The first-order valence-corrected chi connectivity index (χ1v) is 7.10. The molecular weight excluding hydrogens is 270 g/mol. The second-order valence-corrected chi connectivity index (χ2v) is 6.06. The lowest BCUT2D eigenvalue weighted by atomic mass is 9.84. The third-order valence-corrected chi connectivity index (χ3v) is 3.71. The Morgan fingerprint density at radius 1 is 1.10 bits per heavy atom. The Hall–Kier alpha value is -1.51. The van der Waals surface area contributed by atoms with Gasteiger partial charge in [0.25, 0.3) is 0 Å². The zero-order valence-electron chi connectivity index (χ0n) is 11.9. The van der Waals surface area contributed by atoms with E-state index < -0.39 is 0 Å². The van der Waals surface area contributed by atoms with Crippen molar-refractivity contribution in [2.24, 2.45) is 0 Å². The molecule has 0 fully saturated rings. The van der Waals surface area contributed by atoms with Crippen molar-refractivity contribution < 1.29 is 5.11 Å². The molecule has 20 heavy (non-hydrogen) atoms. The highest BCUT2D eigenvalue weighted by Crippen LogP contribution is 2.24. The average molecular weight is 290 g/mol. The van der Waals surface area contributed by atoms with E-state index in [4.69, 9.17) is 11.6 Å². The van der Waals surface area contributed by atoms with Crippen LogP contribution in [0.4, 0.5) is 0 Å². The van der Waals surface area contributed by atoms with Gasteiger partial charge >= 0.3 is 0 Å². The molecule has 0 atom stereocenters. The lowest BCUT2D eigenvalue weighted by molar-refractivity contribution is 0.446. The molecule has 2 aromatic carbocycles. The zero-order valence-corrected chi connectivity index (χ0v) is 12.6. The molecule has 0 aromatic heterocycles. The van der Waals surface area contributed by atoms with Gasteiger partial charge in [0.2, 0.25) is 0 Å². The normalized spacial score (nSPS) is 11.6. The number of phenols is 1. The number of benzene rings is 2. The molecule has 0 saturated carbocycles. The van der Waals surface area contributed by atoms with Crippen LogP contribution in [0.3, 0.4) is 0 Å². The summed E-state index contributed by atoms with van der Waals surface area (Å²) in [5.74, 6) is 0.277. The van der Waals surface area contributed by atoms with Crippen LogP contribution >= 0.6 is 11.6 Å². The van der Waals surface area contributed by atoms with E-state index in [9.17, 15) is 5.11 Å². The Morgan fingerprint density at radius 2 is 1.80 bits per heavy atom. The first-order chi connectivity index (χ1) is 9.49. The molecule has 0 aliphatic carbocycles. The van der Waals surface area contributed by atoms with Crippen LogP contribution in [0, 0.1) is 0 Å². The average Bonchev–Trinajstić information content (AvgIpc) is 2.43. The van der Waals surface area contributed by atoms with Crippen molar-refractivity contribution in [2.75, 3.05) is 6.54 Å². The van der Waals surface area contributed by atoms with Gasteiger partial charge in [0.05, 0.1) is 0 Å². The van der Waals surface area contributed by atoms with Crippen molar-refractivity contribution >= 4 is 11.6 Å². The van der Waals surface area contributed by atoms with Crippen LogP contribution in [-0.2, 0) is 12.0 Å². The molecule has 0 bridgehead atoms. The predicted molar refractivity (Wildman–Crippen MR) is 84.3 cm³/mol. The lowest BCUT2D eigenvalue weighted by Gasteiger charge is -2.26. The van der Waals surface area contributed by atoms with Crippen molar-refractivity contribution in [3.05, 3.63) is 64.7 Å². The molecule has 2 rings (SSSR count). The van der Waals surface area contributed by atoms with Gasteiger partial charge in [0.15, 0.2) is 0 Å². The first-order valence-electron chi connectivity index (χ1n) is 6.73. The summed E-state index contributed by atoms with van der Waals surface area (Å²) in [5, 5.41) is 13.8. The van der Waals surface area contributed by atoms with Gasteiger partial charge in [-0.2, -0.15) is 0 Å². The molecule has 0 aliphatic heterocycles. The molecule has 106 valence electrons. The Labute approximate surface area is 125 Å². The first kappa shape index (κ1) is 14.9. The van der Waals surface area contributed by atoms with E-state index in [-0.39, 0.29) is 11.2 Å². The van der Waals surface area contributed by atoms with Crippen LogP contribution in [0.1, 0.15) is 25.0 Å². The Bertz CT molecular complexity index is 566. The van der Waals surface area contributed by atoms with Gasteiger partial charge in [-0.15, -0.1) is 0 Å². The van der Waals surface area contributed by atoms with Gasteiger partial charge in [0, 0.05) is 29.1 Å². The fraction of sp³-hybridized carbons (Fsp3) is 0.294. The number of hydrogen-bond acceptors (Lipinski definition) is 2. The van der Waals surface area contributed by atoms with Crippen molar-refractivity contribution in [2.45, 2.75) is 25.8 Å². The SMILES string of the molecule is CC(C)(CNCc1cc(Cl)ccc1O)c1ccccc1. The van der Waals surface area contributed by atoms with E-state index in [1.807, 2.05) is 6.07 Å². The summed E-state index contributed by atoms with van der Waals surface area (Å²) in [4.78, 5) is 0. The minimum absolute atomic E-state index is 0.0372. The summed E-state index contributed by atoms with van der Waals surface area (Å²) in [6, 6.07) is 15.5. The summed E-state index contributed by atoms with van der Waals surface area (Å²) in [5.41, 5.74) is 2.15. The smallest absolute Gasteiger partial charge is 0.120 e. The molecular formula is C17H20ClNO. The molecule has 0 unspecified atom stereocenters. The van der Waals surface area contributed by atoms with E-state index in [0.29, 0.717) is 11.6 Å². The van der Waals surface area contributed by atoms with Gasteiger partial charge in [-0.25, -0.2) is 0 Å². The number of hydrogen-bond donors (Lipinski definition) is 2. The van der Waals surface area contributed by atoms with Gasteiger partial charge in [0.1, 0.15) is 5.75 Å². The van der Waals surface area contributed by atoms with Crippen molar-refractivity contribution in [3.8, 4) is 5.75 Å². The minimum Gasteiger partial charge on any atom is -0.508 e. The van der Waals surface area contributed by atoms with Gasteiger partial charge in [-0.3, -0.25) is 0 Å². The zero-order chi connectivity index (χ0) is 14.6. The minimum atomic E-state index is 0.0372. The molecule has 0 heterocycles. The Balaban J connectivity index is 1.97. The maximum atomic E-state index is 9.78. The van der Waals surface area contributed by atoms with Crippen LogP contribution in [0.15, 0.2) is 48.5 Å². The van der Waals surface area contributed by atoms with E-state index >= 15 is 0 Å². The molecule has 2 aromatic rings. The second-order valence-electron chi connectivity index (χ2n) is 5.63. The maximum Gasteiger partial charge on any atom is 0.120 e. The maximum absolute atomic E-state index is 9.78. The van der Waals surface area contributed by atoms with Crippen LogP contribution in [0.2, 0.25) is 5.02 Å². The van der Waals surface area contributed by atoms with E-state index in [1.165, 1.54) is 5.56 Å². The third-order valence-electron chi connectivity index (χ3n) is 3.48. The Morgan fingerprint density at radius 3 is 2.50 bits per heavy atom. The van der Waals surface area contributed by atoms with Gasteiger partial charge in [-0.05, 0) is 23.8 Å². The monoisotopic (exact) mass is 289 g/mol. The highest BCUT2D eigenvalue weighted by molar-refractivity contribution is 6.30. The topological polar surface area (TPSA) is 32.3 Å². The number of rotatable bonds is 5. The predicted octanol–water partition coefficient (Wildman–Crippen LogP) is 4.11. The third kappa shape index (κ3) is 3.75. The molecule has 0 radical (unpaired) electrons. The number of halogens is 1.